The molecule has 1 nitrogen and oxygen atoms in total. The Morgan fingerprint density at radius 1 is 1.47 bits per heavy atom. The van der Waals surface area contributed by atoms with E-state index < -0.39 is 0 Å². The average molecular weight is 288 g/mol. The molecular formula is C12H18BrNS. The Balaban J connectivity index is 2.30. The second kappa shape index (κ2) is 7.31. The third kappa shape index (κ3) is 5.59. The van der Waals surface area contributed by atoms with E-state index in [0.29, 0.717) is 6.04 Å². The molecule has 0 fully saturated rings. The maximum Gasteiger partial charge on any atom is 0.0186 e. The lowest BCUT2D eigenvalue weighted by molar-refractivity contribution is 0.622. The molecule has 0 amide bonds. The molecular weight excluding hydrogens is 270 g/mol. The zero-order valence-electron chi connectivity index (χ0n) is 9.08. The third-order valence-corrected chi connectivity index (χ3v) is 3.86. The van der Waals surface area contributed by atoms with E-state index in [0.717, 1.165) is 16.6 Å². The Kier molecular flexibility index (Phi) is 6.37. The van der Waals surface area contributed by atoms with E-state index in [1.165, 1.54) is 17.7 Å². The topological polar surface area (TPSA) is 26.0 Å². The smallest absolute Gasteiger partial charge is 0.0186 e. The zero-order chi connectivity index (χ0) is 11.1. The minimum absolute atomic E-state index is 0.328. The first-order chi connectivity index (χ1) is 7.22. The lowest BCUT2D eigenvalue weighted by atomic mass is 10.2. The Morgan fingerprint density at radius 3 is 2.93 bits per heavy atom. The van der Waals surface area contributed by atoms with Gasteiger partial charge in [-0.25, -0.2) is 0 Å². The van der Waals surface area contributed by atoms with E-state index in [-0.39, 0.29) is 0 Å². The van der Waals surface area contributed by atoms with Crippen molar-refractivity contribution in [3.8, 4) is 0 Å². The van der Waals surface area contributed by atoms with Crippen LogP contribution in [0, 0.1) is 0 Å². The van der Waals surface area contributed by atoms with Gasteiger partial charge in [-0.05, 0) is 24.6 Å². The monoisotopic (exact) mass is 287 g/mol. The molecule has 0 saturated heterocycles. The number of thioether (sulfide) groups is 1. The molecule has 1 unspecified atom stereocenters. The van der Waals surface area contributed by atoms with Crippen LogP contribution in [0.4, 0.5) is 0 Å². The normalized spacial score (nSPS) is 12.7. The molecule has 1 atom stereocenters. The van der Waals surface area contributed by atoms with Gasteiger partial charge in [-0.15, -0.1) is 11.8 Å². The summed E-state index contributed by atoms with van der Waals surface area (Å²) >= 11 is 5.30. The summed E-state index contributed by atoms with van der Waals surface area (Å²) in [6, 6.07) is 8.69. The molecule has 0 aliphatic heterocycles. The molecule has 0 aromatic heterocycles. The molecule has 0 spiro atoms. The van der Waals surface area contributed by atoms with E-state index in [9.17, 15) is 0 Å². The van der Waals surface area contributed by atoms with Crippen molar-refractivity contribution in [1.82, 2.24) is 0 Å². The summed E-state index contributed by atoms with van der Waals surface area (Å²) < 4.78 is 1.13. The maximum atomic E-state index is 6.01. The summed E-state index contributed by atoms with van der Waals surface area (Å²) in [5.41, 5.74) is 6.01. The summed E-state index contributed by atoms with van der Waals surface area (Å²) in [6.07, 6.45) is 3.60. The van der Waals surface area contributed by atoms with Gasteiger partial charge in [0.2, 0.25) is 0 Å². The van der Waals surface area contributed by atoms with Crippen molar-refractivity contribution in [2.24, 2.45) is 5.73 Å². The number of halogens is 1. The van der Waals surface area contributed by atoms with E-state index >= 15 is 0 Å². The lowest BCUT2D eigenvalue weighted by Crippen LogP contribution is -2.22. The summed E-state index contributed by atoms with van der Waals surface area (Å²) in [5.74, 6) is 1.01. The Labute approximate surface area is 105 Å². The summed E-state index contributed by atoms with van der Waals surface area (Å²) in [5, 5.41) is 0. The van der Waals surface area contributed by atoms with Crippen LogP contribution in [0.1, 0.15) is 26.2 Å². The van der Waals surface area contributed by atoms with Crippen LogP contribution < -0.4 is 5.73 Å². The quantitative estimate of drug-likeness (QED) is 0.799. The predicted molar refractivity (Wildman–Crippen MR) is 72.4 cm³/mol. The molecule has 84 valence electrons. The first-order valence-electron chi connectivity index (χ1n) is 5.36. The zero-order valence-corrected chi connectivity index (χ0v) is 11.5. The van der Waals surface area contributed by atoms with Crippen molar-refractivity contribution >= 4 is 27.7 Å². The van der Waals surface area contributed by atoms with Crippen molar-refractivity contribution in [2.45, 2.75) is 37.1 Å². The largest absolute Gasteiger partial charge is 0.327 e. The van der Waals surface area contributed by atoms with Gasteiger partial charge in [0.25, 0.3) is 0 Å². The van der Waals surface area contributed by atoms with Gasteiger partial charge in [0.05, 0.1) is 0 Å². The number of rotatable bonds is 6. The van der Waals surface area contributed by atoms with Gasteiger partial charge in [-0.3, -0.25) is 0 Å². The third-order valence-electron chi connectivity index (χ3n) is 2.19. The maximum absolute atomic E-state index is 6.01. The molecule has 0 radical (unpaired) electrons. The van der Waals surface area contributed by atoms with Gasteiger partial charge in [0.1, 0.15) is 0 Å². The summed E-state index contributed by atoms with van der Waals surface area (Å²) in [7, 11) is 0. The number of nitrogens with two attached hydrogens (primary N) is 1. The molecule has 1 rings (SSSR count). The second-order valence-electron chi connectivity index (χ2n) is 3.67. The molecule has 0 heterocycles. The van der Waals surface area contributed by atoms with Crippen molar-refractivity contribution in [1.29, 1.82) is 0 Å². The lowest BCUT2D eigenvalue weighted by Gasteiger charge is -2.10. The van der Waals surface area contributed by atoms with Crippen LogP contribution in [0.15, 0.2) is 33.6 Å². The summed E-state index contributed by atoms with van der Waals surface area (Å²) in [4.78, 5) is 1.29. The highest BCUT2D eigenvalue weighted by atomic mass is 79.9. The average Bonchev–Trinajstić information content (AvgIpc) is 2.23. The first-order valence-corrected chi connectivity index (χ1v) is 7.14. The van der Waals surface area contributed by atoms with Crippen molar-refractivity contribution in [3.05, 3.63) is 28.7 Å². The van der Waals surface area contributed by atoms with Gasteiger partial charge in [0, 0.05) is 21.2 Å². The molecule has 0 bridgehead atoms. The van der Waals surface area contributed by atoms with Crippen LogP contribution in [0.5, 0.6) is 0 Å². The SMILES string of the molecule is CCCCC(N)CSc1cccc(Br)c1. The van der Waals surface area contributed by atoms with E-state index in [2.05, 4.69) is 41.1 Å². The number of hydrogen-bond donors (Lipinski definition) is 1. The Hall–Kier alpha value is 0.01000. The Morgan fingerprint density at radius 2 is 2.27 bits per heavy atom. The van der Waals surface area contributed by atoms with Crippen LogP contribution >= 0.6 is 27.7 Å². The van der Waals surface area contributed by atoms with Gasteiger partial charge in [-0.2, -0.15) is 0 Å². The number of hydrogen-bond acceptors (Lipinski definition) is 2. The highest BCUT2D eigenvalue weighted by Gasteiger charge is 2.03. The minimum Gasteiger partial charge on any atom is -0.327 e. The summed E-state index contributed by atoms with van der Waals surface area (Å²) in [6.45, 7) is 2.20. The molecule has 1 aromatic carbocycles. The number of benzene rings is 1. The molecule has 0 saturated carbocycles. The van der Waals surface area contributed by atoms with Crippen LogP contribution in [-0.4, -0.2) is 11.8 Å². The fourth-order valence-corrected chi connectivity index (χ4v) is 2.82. The van der Waals surface area contributed by atoms with Gasteiger partial charge >= 0.3 is 0 Å². The van der Waals surface area contributed by atoms with Crippen LogP contribution in [0.3, 0.4) is 0 Å². The van der Waals surface area contributed by atoms with Crippen LogP contribution in [-0.2, 0) is 0 Å². The van der Waals surface area contributed by atoms with Crippen molar-refractivity contribution in [2.75, 3.05) is 5.75 Å². The predicted octanol–water partition coefficient (Wildman–Crippen LogP) is 4.06. The van der Waals surface area contributed by atoms with Gasteiger partial charge < -0.3 is 5.73 Å². The Bertz CT molecular complexity index is 291. The van der Waals surface area contributed by atoms with E-state index in [1.807, 2.05) is 17.8 Å². The van der Waals surface area contributed by atoms with Gasteiger partial charge in [0.15, 0.2) is 0 Å². The fourth-order valence-electron chi connectivity index (χ4n) is 1.31. The molecule has 2 N–H and O–H groups in total. The van der Waals surface area contributed by atoms with Crippen molar-refractivity contribution < 1.29 is 0 Å². The van der Waals surface area contributed by atoms with E-state index in [1.54, 1.807) is 0 Å². The highest BCUT2D eigenvalue weighted by molar-refractivity contribution is 9.10. The standard InChI is InChI=1S/C12H18BrNS/c1-2-3-6-11(14)9-15-12-7-4-5-10(13)8-12/h4-5,7-8,11H,2-3,6,9,14H2,1H3. The van der Waals surface area contributed by atoms with E-state index in [4.69, 9.17) is 5.73 Å². The minimum atomic E-state index is 0.328. The van der Waals surface area contributed by atoms with Crippen molar-refractivity contribution in [3.63, 3.8) is 0 Å². The van der Waals surface area contributed by atoms with Gasteiger partial charge in [-0.1, -0.05) is 41.8 Å². The molecule has 3 heteroatoms. The number of unbranched alkanes of at least 4 members (excludes halogenated alkanes) is 1. The van der Waals surface area contributed by atoms with Crippen LogP contribution in [0.2, 0.25) is 0 Å². The second-order valence-corrected chi connectivity index (χ2v) is 5.68. The fraction of sp³-hybridized carbons (Fsp3) is 0.500. The van der Waals surface area contributed by atoms with Crippen LogP contribution in [0.25, 0.3) is 0 Å². The molecule has 0 aliphatic carbocycles. The highest BCUT2D eigenvalue weighted by Crippen LogP contribution is 2.22. The molecule has 0 aliphatic rings. The first kappa shape index (κ1) is 13.1. The molecule has 15 heavy (non-hydrogen) atoms. The molecule has 1 aromatic rings.